The summed E-state index contributed by atoms with van der Waals surface area (Å²) in [6.07, 6.45) is 0. The van der Waals surface area contributed by atoms with Crippen LogP contribution in [-0.4, -0.2) is 22.8 Å². The van der Waals surface area contributed by atoms with E-state index in [2.05, 4.69) is 10.3 Å². The number of hydrogen-bond acceptors (Lipinski definition) is 4. The van der Waals surface area contributed by atoms with E-state index in [1.807, 2.05) is 0 Å². The number of benzene rings is 1. The highest BCUT2D eigenvalue weighted by Gasteiger charge is 2.16. The number of halogens is 1. The molecule has 0 atom stereocenters. The number of aromatic nitrogens is 3. The molecule has 0 aliphatic carbocycles. The minimum absolute atomic E-state index is 0.0856. The van der Waals surface area contributed by atoms with Gasteiger partial charge in [0.1, 0.15) is 17.7 Å². The number of fused-ring (bicyclic) bond motifs is 1. The fourth-order valence-corrected chi connectivity index (χ4v) is 1.90. The Morgan fingerprint density at radius 1 is 1.47 bits per heavy atom. The third-order valence-corrected chi connectivity index (χ3v) is 2.65. The van der Waals surface area contributed by atoms with Gasteiger partial charge in [0.25, 0.3) is 0 Å². The molecular weight excluding hydrogens is 223 g/mol. The van der Waals surface area contributed by atoms with Crippen molar-refractivity contribution in [1.29, 1.82) is 0 Å². The average molecular weight is 230 g/mol. The maximum Gasteiger partial charge on any atom is 0.319 e. The first-order chi connectivity index (χ1) is 7.04. The first kappa shape index (κ1) is 9.99. The smallest absolute Gasteiger partial charge is 0.246 e. The molecule has 2 N–H and O–H groups in total. The van der Waals surface area contributed by atoms with Crippen molar-refractivity contribution in [2.45, 2.75) is 6.67 Å². The Morgan fingerprint density at radius 2 is 2.20 bits per heavy atom. The van der Waals surface area contributed by atoms with E-state index >= 15 is 0 Å². The van der Waals surface area contributed by atoms with Crippen molar-refractivity contribution in [1.82, 2.24) is 14.4 Å². The number of nitrogens with zero attached hydrogens (tertiary/aromatic N) is 3. The molecule has 15 heavy (non-hydrogen) atoms. The largest absolute Gasteiger partial charge is 0.319 e. The van der Waals surface area contributed by atoms with Gasteiger partial charge in [-0.25, -0.2) is 9.53 Å². The van der Waals surface area contributed by atoms with Crippen molar-refractivity contribution >= 4 is 21.2 Å². The molecule has 0 fully saturated rings. The van der Waals surface area contributed by atoms with Gasteiger partial charge in [0, 0.05) is 5.56 Å². The molecule has 0 saturated heterocycles. The third kappa shape index (κ3) is 1.57. The average Bonchev–Trinajstić information content (AvgIpc) is 2.59. The highest BCUT2D eigenvalue weighted by Crippen LogP contribution is 2.17. The van der Waals surface area contributed by atoms with Gasteiger partial charge in [0.2, 0.25) is 0 Å². The molecule has 0 radical (unpaired) electrons. The minimum Gasteiger partial charge on any atom is -0.246 e. The van der Waals surface area contributed by atoms with Gasteiger partial charge < -0.3 is 0 Å². The molecular formula is C7H7FN4O2S. The Hall–Kier alpha value is -1.54. The monoisotopic (exact) mass is 230 g/mol. The quantitative estimate of drug-likeness (QED) is 0.783. The van der Waals surface area contributed by atoms with Crippen molar-refractivity contribution in [3.8, 4) is 0 Å². The van der Waals surface area contributed by atoms with Gasteiger partial charge in [0.15, 0.2) is 0 Å². The molecule has 0 amide bonds. The van der Waals surface area contributed by atoms with Crippen LogP contribution in [0.4, 0.5) is 4.39 Å². The topological polar surface area (TPSA) is 90.9 Å². The molecule has 0 saturated carbocycles. The predicted molar refractivity (Wildman–Crippen MR) is 50.8 cm³/mol. The lowest BCUT2D eigenvalue weighted by Crippen LogP contribution is -2.23. The Bertz CT molecular complexity index is 606. The molecule has 0 bridgehead atoms. The van der Waals surface area contributed by atoms with Crippen LogP contribution in [-0.2, 0) is 16.9 Å². The molecule has 0 unspecified atom stereocenters. The van der Waals surface area contributed by atoms with Crippen molar-refractivity contribution < 1.29 is 12.8 Å². The zero-order valence-electron chi connectivity index (χ0n) is 7.46. The molecule has 2 rings (SSSR count). The summed E-state index contributed by atoms with van der Waals surface area (Å²) in [5, 5.41) is 11.8. The molecule has 2 aromatic rings. The van der Waals surface area contributed by atoms with E-state index in [0.717, 1.165) is 0 Å². The van der Waals surface area contributed by atoms with Crippen LogP contribution in [0.15, 0.2) is 18.2 Å². The lowest BCUT2D eigenvalue weighted by atomic mass is 10.2. The van der Waals surface area contributed by atoms with Gasteiger partial charge in [-0.3, -0.25) is 0 Å². The van der Waals surface area contributed by atoms with E-state index < -0.39 is 16.9 Å². The first-order valence-electron chi connectivity index (χ1n) is 3.96. The molecule has 6 nitrogen and oxygen atoms in total. The van der Waals surface area contributed by atoms with Crippen molar-refractivity contribution in [3.05, 3.63) is 23.8 Å². The normalized spacial score (nSPS) is 12.1. The van der Waals surface area contributed by atoms with Crippen molar-refractivity contribution in [3.63, 3.8) is 0 Å². The van der Waals surface area contributed by atoms with E-state index in [-0.39, 0.29) is 11.1 Å². The molecule has 1 aromatic heterocycles. The van der Waals surface area contributed by atoms with Crippen LogP contribution in [0.25, 0.3) is 11.0 Å². The highest BCUT2D eigenvalue weighted by molar-refractivity contribution is 7.87. The summed E-state index contributed by atoms with van der Waals surface area (Å²) in [6, 6.07) is 4.55. The van der Waals surface area contributed by atoms with E-state index in [0.29, 0.717) is 9.60 Å². The number of rotatable bonds is 2. The van der Waals surface area contributed by atoms with Gasteiger partial charge in [0.05, 0.1) is 0 Å². The number of nitrogens with two attached hydrogens (primary N) is 1. The Balaban J connectivity index is 2.89. The van der Waals surface area contributed by atoms with E-state index in [4.69, 9.17) is 5.14 Å². The fourth-order valence-electron chi connectivity index (χ4n) is 1.30. The van der Waals surface area contributed by atoms with Gasteiger partial charge in [-0.2, -0.15) is 8.42 Å². The lowest BCUT2D eigenvalue weighted by molar-refractivity contribution is 0.487. The lowest BCUT2D eigenvalue weighted by Gasteiger charge is -2.00. The Labute approximate surface area is 84.7 Å². The summed E-state index contributed by atoms with van der Waals surface area (Å²) in [6.45, 7) is -0.805. The molecule has 0 aliphatic rings. The fraction of sp³-hybridized carbons (Fsp3) is 0.143. The Morgan fingerprint density at radius 3 is 2.80 bits per heavy atom. The summed E-state index contributed by atoms with van der Waals surface area (Å²) in [4.78, 5) is 0. The number of alkyl halides is 1. The maximum atomic E-state index is 12.6. The zero-order chi connectivity index (χ0) is 11.1. The summed E-state index contributed by atoms with van der Waals surface area (Å²) in [7, 11) is -4.04. The first-order valence-corrected chi connectivity index (χ1v) is 5.47. The minimum atomic E-state index is -4.04. The van der Waals surface area contributed by atoms with Crippen LogP contribution in [0.3, 0.4) is 0 Å². The maximum absolute atomic E-state index is 12.6. The standard InChI is InChI=1S/C7H7FN4O2S/c8-4-5-2-1-3-6-7(5)12(11-10-6)15(9,13)14/h1-3H,4H2,(H2,9,13,14). The summed E-state index contributed by atoms with van der Waals surface area (Å²) < 4.78 is 35.3. The van der Waals surface area contributed by atoms with E-state index in [9.17, 15) is 12.8 Å². The molecule has 1 aromatic carbocycles. The second-order valence-electron chi connectivity index (χ2n) is 2.90. The molecule has 1 heterocycles. The molecule has 80 valence electrons. The van der Waals surface area contributed by atoms with Crippen LogP contribution < -0.4 is 5.14 Å². The number of hydrogen-bond donors (Lipinski definition) is 1. The third-order valence-electron chi connectivity index (χ3n) is 1.91. The predicted octanol–water partition coefficient (Wildman–Crippen LogP) is -0.0476. The van der Waals surface area contributed by atoms with Crippen LogP contribution in [0.1, 0.15) is 5.56 Å². The highest BCUT2D eigenvalue weighted by atomic mass is 32.2. The van der Waals surface area contributed by atoms with E-state index in [1.54, 1.807) is 6.07 Å². The molecule has 0 aliphatic heterocycles. The SMILES string of the molecule is NS(=O)(=O)n1nnc2cccc(CF)c21. The summed E-state index contributed by atoms with van der Waals surface area (Å²) >= 11 is 0. The van der Waals surface area contributed by atoms with Crippen molar-refractivity contribution in [2.75, 3.05) is 0 Å². The van der Waals surface area contributed by atoms with E-state index in [1.165, 1.54) is 12.1 Å². The van der Waals surface area contributed by atoms with Crippen molar-refractivity contribution in [2.24, 2.45) is 5.14 Å². The van der Waals surface area contributed by atoms with Gasteiger partial charge in [-0.1, -0.05) is 12.1 Å². The summed E-state index contributed by atoms with van der Waals surface area (Å²) in [5.74, 6) is 0. The number of para-hydroxylation sites is 1. The molecule has 8 heteroatoms. The van der Waals surface area contributed by atoms with Crippen LogP contribution in [0.5, 0.6) is 0 Å². The van der Waals surface area contributed by atoms with Crippen LogP contribution >= 0.6 is 0 Å². The van der Waals surface area contributed by atoms with Gasteiger partial charge in [-0.15, -0.1) is 9.19 Å². The molecule has 0 spiro atoms. The van der Waals surface area contributed by atoms with Gasteiger partial charge >= 0.3 is 10.2 Å². The van der Waals surface area contributed by atoms with Crippen LogP contribution in [0.2, 0.25) is 0 Å². The second-order valence-corrected chi connectivity index (χ2v) is 4.27. The summed E-state index contributed by atoms with van der Waals surface area (Å²) in [5.41, 5.74) is 0.563. The van der Waals surface area contributed by atoms with Gasteiger partial charge in [-0.05, 0) is 11.3 Å². The Kier molecular flexibility index (Phi) is 2.16. The second kappa shape index (κ2) is 3.24. The van der Waals surface area contributed by atoms with Crippen LogP contribution in [0, 0.1) is 0 Å². The zero-order valence-corrected chi connectivity index (χ0v) is 8.28.